The Balaban J connectivity index is 1.65. The summed E-state index contributed by atoms with van der Waals surface area (Å²) in [7, 11) is 2.16. The van der Waals surface area contributed by atoms with E-state index in [0.29, 0.717) is 0 Å². The monoisotopic (exact) mass is 269 g/mol. The quantitative estimate of drug-likeness (QED) is 0.783. The van der Waals surface area contributed by atoms with E-state index in [1.54, 1.807) is 0 Å². The highest BCUT2D eigenvalue weighted by Crippen LogP contribution is 2.05. The molecular weight excluding hydrogens is 246 g/mol. The fraction of sp³-hybridized carbons (Fsp3) is 0.353. The second kappa shape index (κ2) is 7.78. The number of nitrogens with one attached hydrogen (secondary N) is 1. The van der Waals surface area contributed by atoms with Gasteiger partial charge in [-0.15, -0.1) is 0 Å². The molecule has 2 rings (SSSR count). The lowest BCUT2D eigenvalue weighted by atomic mass is 10.1. The van der Waals surface area contributed by atoms with E-state index >= 15 is 0 Å². The number of hydrogen-bond donors (Lipinski definition) is 1. The molecule has 3 heteroatoms. The molecule has 0 saturated carbocycles. The van der Waals surface area contributed by atoms with Gasteiger partial charge in [0.25, 0.3) is 0 Å². The van der Waals surface area contributed by atoms with Crippen molar-refractivity contribution in [3.05, 3.63) is 65.5 Å². The maximum atomic E-state index is 4.30. The highest BCUT2D eigenvalue weighted by Gasteiger charge is 2.00. The minimum Gasteiger partial charge on any atom is -0.310 e. The molecule has 20 heavy (non-hydrogen) atoms. The highest BCUT2D eigenvalue weighted by molar-refractivity contribution is 5.21. The van der Waals surface area contributed by atoms with Gasteiger partial charge in [-0.1, -0.05) is 35.9 Å². The highest BCUT2D eigenvalue weighted by atomic mass is 15.1. The first-order valence-electron chi connectivity index (χ1n) is 7.09. The molecule has 0 amide bonds. The zero-order valence-corrected chi connectivity index (χ0v) is 12.3. The fourth-order valence-corrected chi connectivity index (χ4v) is 2.07. The second-order valence-corrected chi connectivity index (χ2v) is 5.22. The molecule has 1 aromatic heterocycles. The van der Waals surface area contributed by atoms with Crippen molar-refractivity contribution in [3.8, 4) is 0 Å². The number of likely N-dealkylation sites (N-methyl/N-ethyl adjacent to an activating group) is 1. The van der Waals surface area contributed by atoms with Crippen molar-refractivity contribution in [2.75, 3.05) is 20.1 Å². The van der Waals surface area contributed by atoms with E-state index in [-0.39, 0.29) is 0 Å². The molecule has 0 aliphatic carbocycles. The lowest BCUT2D eigenvalue weighted by Crippen LogP contribution is -2.28. The molecule has 0 aliphatic rings. The van der Waals surface area contributed by atoms with E-state index < -0.39 is 0 Å². The Kier molecular flexibility index (Phi) is 5.71. The lowest BCUT2D eigenvalue weighted by molar-refractivity contribution is 0.324. The maximum Gasteiger partial charge on any atom is 0.0541 e. The normalized spacial score (nSPS) is 10.9. The van der Waals surface area contributed by atoms with Crippen molar-refractivity contribution in [1.29, 1.82) is 0 Å². The summed E-state index contributed by atoms with van der Waals surface area (Å²) in [6, 6.07) is 14.8. The van der Waals surface area contributed by atoms with Gasteiger partial charge in [0, 0.05) is 32.4 Å². The average Bonchev–Trinajstić information content (AvgIpc) is 2.47. The Labute approximate surface area is 121 Å². The van der Waals surface area contributed by atoms with E-state index in [1.165, 1.54) is 11.1 Å². The maximum absolute atomic E-state index is 4.30. The Morgan fingerprint density at radius 1 is 1.10 bits per heavy atom. The zero-order valence-electron chi connectivity index (χ0n) is 12.3. The van der Waals surface area contributed by atoms with Crippen LogP contribution in [0.4, 0.5) is 0 Å². The van der Waals surface area contributed by atoms with Crippen LogP contribution in [0.1, 0.15) is 16.8 Å². The SMILES string of the molecule is Cc1ccc(CN(C)CCNCc2ccccn2)cc1. The average molecular weight is 269 g/mol. The molecule has 0 fully saturated rings. The summed E-state index contributed by atoms with van der Waals surface area (Å²) in [6.07, 6.45) is 1.83. The second-order valence-electron chi connectivity index (χ2n) is 5.22. The van der Waals surface area contributed by atoms with Crippen molar-refractivity contribution in [2.45, 2.75) is 20.0 Å². The summed E-state index contributed by atoms with van der Waals surface area (Å²) in [5.41, 5.74) is 3.77. The van der Waals surface area contributed by atoms with Gasteiger partial charge in [0.1, 0.15) is 0 Å². The fourth-order valence-electron chi connectivity index (χ4n) is 2.07. The molecule has 0 bridgehead atoms. The minimum absolute atomic E-state index is 0.833. The molecule has 0 aliphatic heterocycles. The molecule has 2 aromatic rings. The number of nitrogens with zero attached hydrogens (tertiary/aromatic N) is 2. The van der Waals surface area contributed by atoms with Gasteiger partial charge in [-0.3, -0.25) is 4.98 Å². The molecule has 0 unspecified atom stereocenters. The van der Waals surface area contributed by atoms with Gasteiger partial charge in [0.05, 0.1) is 5.69 Å². The first-order chi connectivity index (χ1) is 9.74. The van der Waals surface area contributed by atoms with Crippen LogP contribution in [0.25, 0.3) is 0 Å². The predicted molar refractivity (Wildman–Crippen MR) is 83.5 cm³/mol. The summed E-state index contributed by atoms with van der Waals surface area (Å²) in [5.74, 6) is 0. The number of hydrogen-bond acceptors (Lipinski definition) is 3. The number of aromatic nitrogens is 1. The number of rotatable bonds is 7. The number of benzene rings is 1. The number of pyridine rings is 1. The standard InChI is InChI=1S/C17H23N3/c1-15-6-8-16(9-7-15)14-20(2)12-11-18-13-17-5-3-4-10-19-17/h3-10,18H,11-14H2,1-2H3. The van der Waals surface area contributed by atoms with E-state index in [2.05, 4.69) is 53.4 Å². The molecule has 1 aromatic carbocycles. The van der Waals surface area contributed by atoms with Crippen molar-refractivity contribution in [1.82, 2.24) is 15.2 Å². The van der Waals surface area contributed by atoms with Gasteiger partial charge in [-0.05, 0) is 31.7 Å². The Bertz CT molecular complexity index is 493. The van der Waals surface area contributed by atoms with Crippen LogP contribution in [0.15, 0.2) is 48.7 Å². The van der Waals surface area contributed by atoms with Crippen molar-refractivity contribution < 1.29 is 0 Å². The number of aryl methyl sites for hydroxylation is 1. The summed E-state index contributed by atoms with van der Waals surface area (Å²) in [4.78, 5) is 6.62. The van der Waals surface area contributed by atoms with E-state index in [0.717, 1.165) is 31.9 Å². The summed E-state index contributed by atoms with van der Waals surface area (Å²) >= 11 is 0. The van der Waals surface area contributed by atoms with Gasteiger partial charge in [-0.2, -0.15) is 0 Å². The van der Waals surface area contributed by atoms with Crippen LogP contribution in [0.3, 0.4) is 0 Å². The third kappa shape index (κ3) is 5.11. The van der Waals surface area contributed by atoms with E-state index in [1.807, 2.05) is 24.4 Å². The minimum atomic E-state index is 0.833. The molecule has 0 spiro atoms. The molecule has 1 heterocycles. The lowest BCUT2D eigenvalue weighted by Gasteiger charge is -2.17. The van der Waals surface area contributed by atoms with Gasteiger partial charge >= 0.3 is 0 Å². The Morgan fingerprint density at radius 2 is 1.90 bits per heavy atom. The largest absolute Gasteiger partial charge is 0.310 e. The third-order valence-corrected chi connectivity index (χ3v) is 3.28. The van der Waals surface area contributed by atoms with Crippen LogP contribution in [0.5, 0.6) is 0 Å². The smallest absolute Gasteiger partial charge is 0.0541 e. The van der Waals surface area contributed by atoms with Crippen LogP contribution < -0.4 is 5.32 Å². The van der Waals surface area contributed by atoms with E-state index in [4.69, 9.17) is 0 Å². The molecular formula is C17H23N3. The molecule has 0 saturated heterocycles. The summed E-state index contributed by atoms with van der Waals surface area (Å²) < 4.78 is 0. The molecule has 106 valence electrons. The van der Waals surface area contributed by atoms with Crippen molar-refractivity contribution in [3.63, 3.8) is 0 Å². The van der Waals surface area contributed by atoms with Gasteiger partial charge in [0.2, 0.25) is 0 Å². The predicted octanol–water partition coefficient (Wildman–Crippen LogP) is 2.61. The van der Waals surface area contributed by atoms with Gasteiger partial charge < -0.3 is 10.2 Å². The van der Waals surface area contributed by atoms with Crippen molar-refractivity contribution >= 4 is 0 Å². The molecule has 0 radical (unpaired) electrons. The van der Waals surface area contributed by atoms with Crippen LogP contribution in [0, 0.1) is 6.92 Å². The van der Waals surface area contributed by atoms with Crippen molar-refractivity contribution in [2.24, 2.45) is 0 Å². The molecule has 0 atom stereocenters. The molecule has 3 nitrogen and oxygen atoms in total. The Hall–Kier alpha value is -1.71. The topological polar surface area (TPSA) is 28.2 Å². The van der Waals surface area contributed by atoms with Crippen LogP contribution in [-0.4, -0.2) is 30.0 Å². The first kappa shape index (κ1) is 14.7. The van der Waals surface area contributed by atoms with Gasteiger partial charge in [-0.25, -0.2) is 0 Å². The molecule has 1 N–H and O–H groups in total. The third-order valence-electron chi connectivity index (χ3n) is 3.28. The zero-order chi connectivity index (χ0) is 14.2. The summed E-state index contributed by atoms with van der Waals surface area (Å²) in [6.45, 7) is 5.94. The van der Waals surface area contributed by atoms with Crippen LogP contribution >= 0.6 is 0 Å². The van der Waals surface area contributed by atoms with Crippen LogP contribution in [-0.2, 0) is 13.1 Å². The van der Waals surface area contributed by atoms with Gasteiger partial charge in [0.15, 0.2) is 0 Å². The summed E-state index contributed by atoms with van der Waals surface area (Å²) in [5, 5.41) is 3.42. The van der Waals surface area contributed by atoms with Crippen LogP contribution in [0.2, 0.25) is 0 Å². The Morgan fingerprint density at radius 3 is 2.60 bits per heavy atom. The van der Waals surface area contributed by atoms with E-state index in [9.17, 15) is 0 Å². The first-order valence-corrected chi connectivity index (χ1v) is 7.09.